The molecule has 0 radical (unpaired) electrons. The Labute approximate surface area is 267 Å². The number of rotatable bonds is 10. The van der Waals surface area contributed by atoms with E-state index in [1.165, 1.54) is 6.92 Å². The first-order valence-corrected chi connectivity index (χ1v) is 15.0. The number of hydrogen-bond donors (Lipinski definition) is 13. The molecular weight excluding hydrogens is 646 g/mol. The Morgan fingerprint density at radius 1 is 0.553 bits per heavy atom. The lowest BCUT2D eigenvalue weighted by molar-refractivity contribution is -0.388. The van der Waals surface area contributed by atoms with Crippen LogP contribution in [-0.2, 0) is 38.0 Å². The molecule has 21 nitrogen and oxygen atoms in total. The van der Waals surface area contributed by atoms with Gasteiger partial charge in [-0.15, -0.1) is 0 Å². The molecule has 0 aromatic rings. The van der Waals surface area contributed by atoms with Gasteiger partial charge in [-0.2, -0.15) is 0 Å². The normalized spacial score (nSPS) is 51.0. The minimum atomic E-state index is -1.93. The van der Waals surface area contributed by atoms with Gasteiger partial charge in [-0.3, -0.25) is 4.79 Å². The van der Waals surface area contributed by atoms with Crippen molar-refractivity contribution in [3.63, 3.8) is 0 Å². The maximum absolute atomic E-state index is 12.1. The van der Waals surface area contributed by atoms with Crippen molar-refractivity contribution in [2.45, 2.75) is 137 Å². The van der Waals surface area contributed by atoms with E-state index in [-0.39, 0.29) is 0 Å². The van der Waals surface area contributed by atoms with Gasteiger partial charge in [0, 0.05) is 6.92 Å². The Kier molecular flexibility index (Phi) is 13.2. The van der Waals surface area contributed by atoms with Gasteiger partial charge in [-0.25, -0.2) is 0 Å². The van der Waals surface area contributed by atoms with Crippen molar-refractivity contribution in [2.24, 2.45) is 0 Å². The molecule has 0 unspecified atom stereocenters. The summed E-state index contributed by atoms with van der Waals surface area (Å²) < 4.78 is 39.0. The van der Waals surface area contributed by atoms with E-state index < -0.39 is 148 Å². The molecule has 13 N–H and O–H groups in total. The molecule has 0 aromatic heterocycles. The molecule has 4 aliphatic heterocycles. The second-order valence-electron chi connectivity index (χ2n) is 11.9. The highest BCUT2D eigenvalue weighted by atomic mass is 16.8. The summed E-state index contributed by atoms with van der Waals surface area (Å²) in [6.45, 7) is -0.0794. The van der Waals surface area contributed by atoms with E-state index in [0.29, 0.717) is 0 Å². The fraction of sp³-hybridized carbons (Fsp3) is 0.962. The van der Waals surface area contributed by atoms with E-state index in [9.17, 15) is 66.1 Å². The van der Waals surface area contributed by atoms with E-state index in [4.69, 9.17) is 33.2 Å². The van der Waals surface area contributed by atoms with Crippen LogP contribution in [0, 0.1) is 0 Å². The minimum Gasteiger partial charge on any atom is -0.394 e. The molecule has 4 fully saturated rings. The zero-order valence-electron chi connectivity index (χ0n) is 25.3. The molecule has 21 heteroatoms. The molecule has 4 heterocycles. The van der Waals surface area contributed by atoms with E-state index in [1.807, 2.05) is 0 Å². The van der Waals surface area contributed by atoms with E-state index >= 15 is 0 Å². The molecule has 4 saturated heterocycles. The number of amides is 1. The summed E-state index contributed by atoms with van der Waals surface area (Å²) in [5.41, 5.74) is 0. The van der Waals surface area contributed by atoms with Gasteiger partial charge in [0.15, 0.2) is 25.2 Å². The molecule has 1 amide bonds. The molecule has 47 heavy (non-hydrogen) atoms. The third-order valence-electron chi connectivity index (χ3n) is 8.57. The van der Waals surface area contributed by atoms with Gasteiger partial charge in [0.25, 0.3) is 0 Å². The number of hydrogen-bond acceptors (Lipinski definition) is 20. The highest BCUT2D eigenvalue weighted by Crippen LogP contribution is 2.34. The standard InChI is InChI=1S/C26H45NO20/c1-6-12(32)16(36)19(39)25(41-6)47-22-18(38)14(34)9(4-29)43-26(22)45-20-10(5-30)44-24(11(15(20)35)27-7(2)31)46-21-17(37)13(33)8(3-28)42-23(21)40/h6,8-26,28-30,32-40H,3-5H2,1-2H3,(H,27,31)/t6-,8-,9-,10-,11-,12+,13-,14+,15-,16+,17+,18+,19-,20-,21+,22-,23-,24+,25-,26+/m1/s1. The zero-order valence-corrected chi connectivity index (χ0v) is 25.3. The summed E-state index contributed by atoms with van der Waals surface area (Å²) in [5, 5.41) is 126. The zero-order chi connectivity index (χ0) is 34.9. The Morgan fingerprint density at radius 2 is 1.06 bits per heavy atom. The summed E-state index contributed by atoms with van der Waals surface area (Å²) in [6, 6.07) is -1.58. The van der Waals surface area contributed by atoms with Crippen LogP contribution in [-0.4, -0.2) is 210 Å². The van der Waals surface area contributed by atoms with Crippen LogP contribution in [0.4, 0.5) is 0 Å². The van der Waals surface area contributed by atoms with Crippen LogP contribution in [0.3, 0.4) is 0 Å². The smallest absolute Gasteiger partial charge is 0.217 e. The number of carbonyl (C=O) groups is 1. The maximum atomic E-state index is 12.1. The minimum absolute atomic E-state index is 0.735. The monoisotopic (exact) mass is 691 g/mol. The highest BCUT2D eigenvalue weighted by molar-refractivity contribution is 5.73. The average molecular weight is 692 g/mol. The molecule has 4 aliphatic rings. The summed E-state index contributed by atoms with van der Waals surface area (Å²) >= 11 is 0. The molecule has 0 bridgehead atoms. The molecule has 20 atom stereocenters. The topological polar surface area (TPSA) is 336 Å². The van der Waals surface area contributed by atoms with Crippen LogP contribution in [0.1, 0.15) is 13.8 Å². The van der Waals surface area contributed by atoms with Crippen molar-refractivity contribution in [1.29, 1.82) is 0 Å². The number of carbonyl (C=O) groups excluding carboxylic acids is 1. The molecule has 274 valence electrons. The van der Waals surface area contributed by atoms with Crippen molar-refractivity contribution in [2.75, 3.05) is 19.8 Å². The summed E-state index contributed by atoms with van der Waals surface area (Å²) in [4.78, 5) is 12.1. The second-order valence-corrected chi connectivity index (χ2v) is 11.9. The largest absolute Gasteiger partial charge is 0.394 e. The van der Waals surface area contributed by atoms with Gasteiger partial charge in [0.1, 0.15) is 91.5 Å². The van der Waals surface area contributed by atoms with E-state index in [1.54, 1.807) is 0 Å². The summed E-state index contributed by atoms with van der Waals surface area (Å²) in [7, 11) is 0. The van der Waals surface area contributed by atoms with E-state index in [0.717, 1.165) is 6.92 Å². The van der Waals surface area contributed by atoms with Gasteiger partial charge in [-0.1, -0.05) is 0 Å². The van der Waals surface area contributed by atoms with Crippen LogP contribution in [0.15, 0.2) is 0 Å². The molecule has 4 rings (SSSR count). The Balaban J connectivity index is 1.58. The van der Waals surface area contributed by atoms with Gasteiger partial charge < -0.3 is 99.8 Å². The lowest BCUT2D eigenvalue weighted by Gasteiger charge is -2.50. The van der Waals surface area contributed by atoms with Gasteiger partial charge in [-0.05, 0) is 6.92 Å². The molecule has 0 aromatic carbocycles. The maximum Gasteiger partial charge on any atom is 0.217 e. The van der Waals surface area contributed by atoms with Gasteiger partial charge in [0.05, 0.1) is 25.9 Å². The SMILES string of the molecule is CC(=O)N[C@H]1[C@H](O[C@H]2[C@@H](O)[C@H](O)[C@@H](CO)O[C@H]2O)O[C@H](CO)[C@@H](O[C@@H]2O[C@H](CO)[C@H](O)[C@H](O)[C@H]2O[C@H]2O[C@H](C)[C@H](O)[C@H](O)[C@H]2O)[C@@H]1O. The highest BCUT2D eigenvalue weighted by Gasteiger charge is 2.55. The Morgan fingerprint density at radius 3 is 1.64 bits per heavy atom. The first-order chi connectivity index (χ1) is 22.1. The fourth-order valence-corrected chi connectivity index (χ4v) is 5.86. The second kappa shape index (κ2) is 16.2. The Bertz CT molecular complexity index is 1010. The molecule has 0 spiro atoms. The lowest BCUT2D eigenvalue weighted by atomic mass is 9.94. The molecular formula is C26H45NO20. The summed E-state index contributed by atoms with van der Waals surface area (Å²) in [6.07, 6.45) is -32.2. The van der Waals surface area contributed by atoms with Gasteiger partial charge in [0.2, 0.25) is 5.91 Å². The predicted octanol–water partition coefficient (Wildman–Crippen LogP) is -8.58. The number of aliphatic hydroxyl groups excluding tert-OH is 12. The summed E-state index contributed by atoms with van der Waals surface area (Å²) in [5.74, 6) is -0.735. The van der Waals surface area contributed by atoms with Crippen LogP contribution in [0.2, 0.25) is 0 Å². The third-order valence-corrected chi connectivity index (χ3v) is 8.57. The first-order valence-electron chi connectivity index (χ1n) is 15.0. The van der Waals surface area contributed by atoms with Crippen LogP contribution in [0.25, 0.3) is 0 Å². The van der Waals surface area contributed by atoms with Crippen molar-refractivity contribution in [3.05, 3.63) is 0 Å². The predicted molar refractivity (Wildman–Crippen MR) is 144 cm³/mol. The van der Waals surface area contributed by atoms with Crippen LogP contribution >= 0.6 is 0 Å². The first kappa shape index (κ1) is 38.5. The molecule has 0 saturated carbocycles. The number of nitrogens with one attached hydrogen (secondary N) is 1. The molecule has 0 aliphatic carbocycles. The van der Waals surface area contributed by atoms with Crippen molar-refractivity contribution >= 4 is 5.91 Å². The Hall–Kier alpha value is -1.29. The number of aliphatic hydroxyl groups is 12. The average Bonchev–Trinajstić information content (AvgIpc) is 3.04. The quantitative estimate of drug-likeness (QED) is 0.101. The van der Waals surface area contributed by atoms with Crippen molar-refractivity contribution in [1.82, 2.24) is 5.32 Å². The van der Waals surface area contributed by atoms with Crippen LogP contribution in [0.5, 0.6) is 0 Å². The lowest BCUT2D eigenvalue weighted by Crippen LogP contribution is -2.69. The van der Waals surface area contributed by atoms with Crippen molar-refractivity contribution < 1.29 is 99.2 Å². The fourth-order valence-electron chi connectivity index (χ4n) is 5.86. The number of ether oxygens (including phenoxy) is 7. The van der Waals surface area contributed by atoms with Crippen LogP contribution < -0.4 is 5.32 Å². The van der Waals surface area contributed by atoms with Gasteiger partial charge >= 0.3 is 0 Å². The van der Waals surface area contributed by atoms with Crippen molar-refractivity contribution in [3.8, 4) is 0 Å². The van der Waals surface area contributed by atoms with E-state index in [2.05, 4.69) is 5.32 Å². The third kappa shape index (κ3) is 8.04.